The number of nitrogens with zero attached hydrogens (tertiary/aromatic N) is 1. The van der Waals surface area contributed by atoms with Crippen molar-refractivity contribution in [2.75, 3.05) is 14.2 Å². The molecule has 1 fully saturated rings. The SMILES string of the molecule is COc1ccc(OC)c(N=C(N)C2CCCCC2)c1. The van der Waals surface area contributed by atoms with E-state index in [1.165, 1.54) is 19.3 Å². The average Bonchev–Trinajstić information content (AvgIpc) is 2.48. The van der Waals surface area contributed by atoms with Gasteiger partial charge in [-0.1, -0.05) is 19.3 Å². The lowest BCUT2D eigenvalue weighted by Gasteiger charge is -2.21. The lowest BCUT2D eigenvalue weighted by Crippen LogP contribution is -2.25. The Kier molecular flexibility index (Phi) is 4.66. The molecule has 0 heterocycles. The van der Waals surface area contributed by atoms with Crippen LogP contribution in [0.2, 0.25) is 0 Å². The van der Waals surface area contributed by atoms with Crippen LogP contribution in [0, 0.1) is 5.92 Å². The van der Waals surface area contributed by atoms with Crippen molar-refractivity contribution in [2.45, 2.75) is 32.1 Å². The third kappa shape index (κ3) is 3.40. The summed E-state index contributed by atoms with van der Waals surface area (Å²) in [5, 5.41) is 0. The quantitative estimate of drug-likeness (QED) is 0.669. The van der Waals surface area contributed by atoms with Gasteiger partial charge in [-0.05, 0) is 25.0 Å². The molecule has 0 radical (unpaired) electrons. The van der Waals surface area contributed by atoms with Gasteiger partial charge in [-0.2, -0.15) is 0 Å². The number of amidine groups is 1. The Morgan fingerprint density at radius 3 is 2.53 bits per heavy atom. The van der Waals surface area contributed by atoms with Crippen molar-refractivity contribution in [3.63, 3.8) is 0 Å². The zero-order valence-electron chi connectivity index (χ0n) is 11.7. The van der Waals surface area contributed by atoms with Crippen LogP contribution in [0.3, 0.4) is 0 Å². The number of aliphatic imine (C=N–C) groups is 1. The molecule has 0 unspecified atom stereocenters. The van der Waals surface area contributed by atoms with Crippen LogP contribution in [0.25, 0.3) is 0 Å². The van der Waals surface area contributed by atoms with Crippen LogP contribution in [0.5, 0.6) is 11.5 Å². The number of benzene rings is 1. The zero-order chi connectivity index (χ0) is 13.7. The number of nitrogens with two attached hydrogens (primary N) is 1. The molecule has 0 spiro atoms. The number of rotatable bonds is 4. The van der Waals surface area contributed by atoms with Crippen molar-refractivity contribution in [1.82, 2.24) is 0 Å². The van der Waals surface area contributed by atoms with E-state index >= 15 is 0 Å². The number of hydrogen-bond donors (Lipinski definition) is 1. The molecule has 0 aromatic heterocycles. The van der Waals surface area contributed by atoms with Gasteiger partial charge in [-0.3, -0.25) is 0 Å². The van der Waals surface area contributed by atoms with E-state index in [1.54, 1.807) is 14.2 Å². The molecule has 0 bridgehead atoms. The van der Waals surface area contributed by atoms with Gasteiger partial charge in [0, 0.05) is 12.0 Å². The zero-order valence-corrected chi connectivity index (χ0v) is 11.7. The fourth-order valence-corrected chi connectivity index (χ4v) is 2.51. The molecular weight excluding hydrogens is 240 g/mol. The van der Waals surface area contributed by atoms with Gasteiger partial charge in [0.1, 0.15) is 23.0 Å². The van der Waals surface area contributed by atoms with E-state index < -0.39 is 0 Å². The molecule has 0 aliphatic heterocycles. The lowest BCUT2D eigenvalue weighted by atomic mass is 9.88. The molecule has 0 saturated heterocycles. The second-order valence-electron chi connectivity index (χ2n) is 4.91. The Balaban J connectivity index is 2.24. The highest BCUT2D eigenvalue weighted by atomic mass is 16.5. The topological polar surface area (TPSA) is 56.8 Å². The van der Waals surface area contributed by atoms with Crippen LogP contribution in [-0.4, -0.2) is 20.1 Å². The summed E-state index contributed by atoms with van der Waals surface area (Å²) < 4.78 is 10.5. The molecule has 19 heavy (non-hydrogen) atoms. The van der Waals surface area contributed by atoms with Gasteiger partial charge in [0.15, 0.2) is 0 Å². The molecule has 0 amide bonds. The molecule has 4 nitrogen and oxygen atoms in total. The molecule has 2 rings (SSSR count). The van der Waals surface area contributed by atoms with Crippen LogP contribution in [0.4, 0.5) is 5.69 Å². The van der Waals surface area contributed by atoms with E-state index in [4.69, 9.17) is 15.2 Å². The van der Waals surface area contributed by atoms with Crippen molar-refractivity contribution < 1.29 is 9.47 Å². The lowest BCUT2D eigenvalue weighted by molar-refractivity contribution is 0.404. The molecule has 1 aromatic carbocycles. The van der Waals surface area contributed by atoms with Gasteiger partial charge in [-0.15, -0.1) is 0 Å². The second kappa shape index (κ2) is 6.45. The largest absolute Gasteiger partial charge is 0.497 e. The fourth-order valence-electron chi connectivity index (χ4n) is 2.51. The number of hydrogen-bond acceptors (Lipinski definition) is 3. The van der Waals surface area contributed by atoms with Gasteiger partial charge >= 0.3 is 0 Å². The van der Waals surface area contributed by atoms with E-state index in [0.29, 0.717) is 11.8 Å². The predicted octanol–water partition coefficient (Wildman–Crippen LogP) is 3.27. The minimum absolute atomic E-state index is 0.407. The molecule has 1 saturated carbocycles. The Bertz CT molecular complexity index is 451. The summed E-state index contributed by atoms with van der Waals surface area (Å²) in [7, 11) is 3.28. The van der Waals surface area contributed by atoms with Gasteiger partial charge < -0.3 is 15.2 Å². The maximum atomic E-state index is 6.15. The number of ether oxygens (including phenoxy) is 2. The van der Waals surface area contributed by atoms with E-state index in [0.717, 1.165) is 30.0 Å². The predicted molar refractivity (Wildman–Crippen MR) is 77.4 cm³/mol. The minimum Gasteiger partial charge on any atom is -0.497 e. The van der Waals surface area contributed by atoms with Crippen molar-refractivity contribution in [2.24, 2.45) is 16.6 Å². The van der Waals surface area contributed by atoms with Crippen LogP contribution >= 0.6 is 0 Å². The minimum atomic E-state index is 0.407. The molecule has 104 valence electrons. The molecule has 1 aliphatic carbocycles. The fraction of sp³-hybridized carbons (Fsp3) is 0.533. The van der Waals surface area contributed by atoms with Gasteiger partial charge in [0.25, 0.3) is 0 Å². The highest BCUT2D eigenvalue weighted by Crippen LogP contribution is 2.33. The number of methoxy groups -OCH3 is 2. The van der Waals surface area contributed by atoms with Crippen molar-refractivity contribution >= 4 is 11.5 Å². The Hall–Kier alpha value is -1.71. The van der Waals surface area contributed by atoms with Crippen LogP contribution < -0.4 is 15.2 Å². The summed E-state index contributed by atoms with van der Waals surface area (Å²) in [4.78, 5) is 4.55. The van der Waals surface area contributed by atoms with Crippen molar-refractivity contribution in [3.8, 4) is 11.5 Å². The first-order valence-corrected chi connectivity index (χ1v) is 6.80. The summed E-state index contributed by atoms with van der Waals surface area (Å²) in [5.74, 6) is 2.60. The molecule has 1 aromatic rings. The van der Waals surface area contributed by atoms with Crippen LogP contribution in [0.15, 0.2) is 23.2 Å². The summed E-state index contributed by atoms with van der Waals surface area (Å²) in [6.07, 6.45) is 6.09. The molecular formula is C15H22N2O2. The summed E-state index contributed by atoms with van der Waals surface area (Å²) >= 11 is 0. The van der Waals surface area contributed by atoms with Crippen LogP contribution in [-0.2, 0) is 0 Å². The van der Waals surface area contributed by atoms with Gasteiger partial charge in [-0.25, -0.2) is 4.99 Å². The van der Waals surface area contributed by atoms with E-state index in [2.05, 4.69) is 4.99 Å². The summed E-state index contributed by atoms with van der Waals surface area (Å²) in [5.41, 5.74) is 6.89. The molecule has 0 atom stereocenters. The maximum absolute atomic E-state index is 6.15. The standard InChI is InChI=1S/C15H22N2O2/c1-18-12-8-9-14(19-2)13(10-12)17-15(16)11-6-4-3-5-7-11/h8-11H,3-7H2,1-2H3,(H2,16,17). The van der Waals surface area contributed by atoms with Crippen molar-refractivity contribution in [3.05, 3.63) is 18.2 Å². The average molecular weight is 262 g/mol. The molecule has 4 heteroatoms. The van der Waals surface area contributed by atoms with Gasteiger partial charge in [0.2, 0.25) is 0 Å². The first-order valence-electron chi connectivity index (χ1n) is 6.80. The van der Waals surface area contributed by atoms with E-state index in [1.807, 2.05) is 18.2 Å². The summed E-state index contributed by atoms with van der Waals surface area (Å²) in [6, 6.07) is 5.56. The molecule has 1 aliphatic rings. The first-order chi connectivity index (χ1) is 9.24. The highest BCUT2D eigenvalue weighted by Gasteiger charge is 2.17. The first kappa shape index (κ1) is 13.7. The molecule has 2 N–H and O–H groups in total. The van der Waals surface area contributed by atoms with Crippen LogP contribution in [0.1, 0.15) is 32.1 Å². The third-order valence-electron chi connectivity index (χ3n) is 3.66. The van der Waals surface area contributed by atoms with Crippen molar-refractivity contribution in [1.29, 1.82) is 0 Å². The normalized spacial score (nSPS) is 17.3. The third-order valence-corrected chi connectivity index (χ3v) is 3.66. The van der Waals surface area contributed by atoms with Gasteiger partial charge in [0.05, 0.1) is 14.2 Å². The Labute approximate surface area is 114 Å². The Morgan fingerprint density at radius 2 is 1.89 bits per heavy atom. The second-order valence-corrected chi connectivity index (χ2v) is 4.91. The smallest absolute Gasteiger partial charge is 0.144 e. The van der Waals surface area contributed by atoms with E-state index in [-0.39, 0.29) is 0 Å². The summed E-state index contributed by atoms with van der Waals surface area (Å²) in [6.45, 7) is 0. The van der Waals surface area contributed by atoms with E-state index in [9.17, 15) is 0 Å². The monoisotopic (exact) mass is 262 g/mol. The maximum Gasteiger partial charge on any atom is 0.144 e. The highest BCUT2D eigenvalue weighted by molar-refractivity contribution is 5.86. The Morgan fingerprint density at radius 1 is 1.16 bits per heavy atom.